The maximum absolute atomic E-state index is 10.5. The van der Waals surface area contributed by atoms with Crippen molar-refractivity contribution in [1.82, 2.24) is 5.32 Å². The Kier molecular flexibility index (Phi) is 9.33. The highest BCUT2D eigenvalue weighted by Gasteiger charge is 2.17. The molecule has 0 aromatic heterocycles. The minimum absolute atomic E-state index is 0.0368. The van der Waals surface area contributed by atoms with E-state index in [4.69, 9.17) is 27.3 Å². The first-order valence-electron chi connectivity index (χ1n) is 5.31. The fourth-order valence-electron chi connectivity index (χ4n) is 1.54. The van der Waals surface area contributed by atoms with Crippen molar-refractivity contribution in [2.24, 2.45) is 11.0 Å². The summed E-state index contributed by atoms with van der Waals surface area (Å²) in [5.41, 5.74) is 8.20. The molecule has 0 aliphatic heterocycles. The first kappa shape index (κ1) is 15.8. The van der Waals surface area contributed by atoms with E-state index >= 15 is 0 Å². The van der Waals surface area contributed by atoms with Crippen LogP contribution in [0.25, 0.3) is 10.4 Å². The fourth-order valence-corrected chi connectivity index (χ4v) is 1.69. The number of nitrogens with zero attached hydrogens (tertiary/aromatic N) is 3. The predicted octanol–water partition coefficient (Wildman–Crippen LogP) is 1.95. The molecule has 8 heteroatoms. The lowest BCUT2D eigenvalue weighted by atomic mass is 9.96. The second-order valence-electron chi connectivity index (χ2n) is 3.68. The Hall–Kier alpha value is -1.17. The first-order chi connectivity index (χ1) is 8.13. The molecule has 0 bridgehead atoms. The topological polar surface area (TPSA) is 118 Å². The standard InChI is InChI=1S/C9H17ClN4O3/c10-3-1-2-7(6-15)4-8(5-12-14-11)13-9(16)17/h7-8,13,15H,1-6H2,(H,16,17)/t7-,8+/m1/s1. The summed E-state index contributed by atoms with van der Waals surface area (Å²) in [6.07, 6.45) is 0.734. The molecule has 3 N–H and O–H groups in total. The lowest BCUT2D eigenvalue weighted by Crippen LogP contribution is -2.38. The smallest absolute Gasteiger partial charge is 0.404 e. The number of nitrogens with one attached hydrogen (secondary N) is 1. The maximum Gasteiger partial charge on any atom is 0.404 e. The Bertz CT molecular complexity index is 267. The molecule has 0 aliphatic rings. The van der Waals surface area contributed by atoms with Gasteiger partial charge in [-0.3, -0.25) is 0 Å². The van der Waals surface area contributed by atoms with E-state index in [9.17, 15) is 4.79 Å². The van der Waals surface area contributed by atoms with Gasteiger partial charge in [0.1, 0.15) is 0 Å². The molecule has 0 heterocycles. The van der Waals surface area contributed by atoms with Gasteiger partial charge in [-0.25, -0.2) is 4.79 Å². The molecule has 0 aromatic rings. The number of aliphatic hydroxyl groups is 1. The molecule has 2 atom stereocenters. The van der Waals surface area contributed by atoms with Gasteiger partial charge in [-0.1, -0.05) is 5.11 Å². The van der Waals surface area contributed by atoms with Gasteiger partial charge in [-0.05, 0) is 30.7 Å². The molecule has 0 radical (unpaired) electrons. The van der Waals surface area contributed by atoms with Crippen LogP contribution in [-0.2, 0) is 0 Å². The molecule has 0 rings (SSSR count). The lowest BCUT2D eigenvalue weighted by molar-refractivity contribution is 0.176. The fraction of sp³-hybridized carbons (Fsp3) is 0.889. The summed E-state index contributed by atoms with van der Waals surface area (Å²) in [4.78, 5) is 13.1. The van der Waals surface area contributed by atoms with Gasteiger partial charge in [0.05, 0.1) is 0 Å². The van der Waals surface area contributed by atoms with E-state index in [1.165, 1.54) is 0 Å². The summed E-state index contributed by atoms with van der Waals surface area (Å²) in [7, 11) is 0. The Morgan fingerprint density at radius 2 is 2.29 bits per heavy atom. The van der Waals surface area contributed by atoms with Crippen molar-refractivity contribution in [1.29, 1.82) is 0 Å². The molecule has 7 nitrogen and oxygen atoms in total. The number of halogens is 1. The van der Waals surface area contributed by atoms with Gasteiger partial charge in [0.2, 0.25) is 0 Å². The molecule has 0 saturated carbocycles. The third-order valence-electron chi connectivity index (χ3n) is 2.31. The van der Waals surface area contributed by atoms with Crippen molar-refractivity contribution in [2.75, 3.05) is 19.0 Å². The van der Waals surface area contributed by atoms with Gasteiger partial charge in [0.15, 0.2) is 0 Å². The number of amides is 1. The second kappa shape index (κ2) is 10.0. The van der Waals surface area contributed by atoms with Crippen molar-refractivity contribution in [2.45, 2.75) is 25.3 Å². The van der Waals surface area contributed by atoms with Gasteiger partial charge in [-0.2, -0.15) is 0 Å². The van der Waals surface area contributed by atoms with E-state index in [1.807, 2.05) is 0 Å². The van der Waals surface area contributed by atoms with Crippen molar-refractivity contribution >= 4 is 17.7 Å². The van der Waals surface area contributed by atoms with Crippen LogP contribution in [-0.4, -0.2) is 41.4 Å². The summed E-state index contributed by atoms with van der Waals surface area (Å²) in [6.45, 7) is 0.00509. The van der Waals surface area contributed by atoms with E-state index in [0.29, 0.717) is 18.7 Å². The molecular weight excluding hydrogens is 248 g/mol. The monoisotopic (exact) mass is 264 g/mol. The van der Waals surface area contributed by atoms with Crippen LogP contribution >= 0.6 is 11.6 Å². The van der Waals surface area contributed by atoms with E-state index in [2.05, 4.69) is 15.3 Å². The van der Waals surface area contributed by atoms with Crippen molar-refractivity contribution in [3.63, 3.8) is 0 Å². The summed E-state index contributed by atoms with van der Waals surface area (Å²) in [5, 5.41) is 23.4. The molecule has 0 aliphatic carbocycles. The quantitative estimate of drug-likeness (QED) is 0.255. The average Bonchev–Trinajstić information content (AvgIpc) is 2.30. The third kappa shape index (κ3) is 8.62. The zero-order chi connectivity index (χ0) is 13.1. The van der Waals surface area contributed by atoms with Crippen LogP contribution < -0.4 is 5.32 Å². The van der Waals surface area contributed by atoms with E-state index in [-0.39, 0.29) is 19.1 Å². The number of hydrogen-bond donors (Lipinski definition) is 3. The first-order valence-corrected chi connectivity index (χ1v) is 5.84. The predicted molar refractivity (Wildman–Crippen MR) is 64.1 cm³/mol. The highest BCUT2D eigenvalue weighted by molar-refractivity contribution is 6.17. The molecule has 17 heavy (non-hydrogen) atoms. The van der Waals surface area contributed by atoms with E-state index in [0.717, 1.165) is 6.42 Å². The lowest BCUT2D eigenvalue weighted by Gasteiger charge is -2.20. The van der Waals surface area contributed by atoms with Crippen LogP contribution in [0.3, 0.4) is 0 Å². The third-order valence-corrected chi connectivity index (χ3v) is 2.58. The molecule has 0 spiro atoms. The van der Waals surface area contributed by atoms with Gasteiger partial charge in [0.25, 0.3) is 0 Å². The molecule has 0 saturated heterocycles. The molecule has 98 valence electrons. The molecule has 0 unspecified atom stereocenters. The van der Waals surface area contributed by atoms with Crippen LogP contribution in [0.15, 0.2) is 5.11 Å². The van der Waals surface area contributed by atoms with Gasteiger partial charge < -0.3 is 15.5 Å². The van der Waals surface area contributed by atoms with Crippen LogP contribution in [0.4, 0.5) is 4.79 Å². The maximum atomic E-state index is 10.5. The molecule has 0 aromatic carbocycles. The molecular formula is C9H17ClN4O3. The summed E-state index contributed by atoms with van der Waals surface area (Å²) < 4.78 is 0. The normalized spacial score (nSPS) is 13.5. The minimum Gasteiger partial charge on any atom is -0.465 e. The summed E-state index contributed by atoms with van der Waals surface area (Å²) >= 11 is 5.55. The number of alkyl halides is 1. The van der Waals surface area contributed by atoms with Crippen molar-refractivity contribution < 1.29 is 15.0 Å². The number of carbonyl (C=O) groups is 1. The summed E-state index contributed by atoms with van der Waals surface area (Å²) in [5.74, 6) is 0.462. The molecule has 1 amide bonds. The van der Waals surface area contributed by atoms with Crippen LogP contribution in [0, 0.1) is 5.92 Å². The Morgan fingerprint density at radius 1 is 1.59 bits per heavy atom. The zero-order valence-corrected chi connectivity index (χ0v) is 10.2. The van der Waals surface area contributed by atoms with Crippen LogP contribution in [0.1, 0.15) is 19.3 Å². The SMILES string of the molecule is [N-]=[N+]=NC[C@H](C[C@H](CO)CCCCl)NC(=O)O. The highest BCUT2D eigenvalue weighted by atomic mass is 35.5. The van der Waals surface area contributed by atoms with E-state index in [1.54, 1.807) is 0 Å². The average molecular weight is 265 g/mol. The highest BCUT2D eigenvalue weighted by Crippen LogP contribution is 2.14. The van der Waals surface area contributed by atoms with Gasteiger partial charge in [0, 0.05) is 30.0 Å². The Morgan fingerprint density at radius 3 is 2.76 bits per heavy atom. The van der Waals surface area contributed by atoms with Gasteiger partial charge >= 0.3 is 6.09 Å². The number of azide groups is 1. The number of hydrogen-bond acceptors (Lipinski definition) is 3. The molecule has 0 fully saturated rings. The van der Waals surface area contributed by atoms with Crippen molar-refractivity contribution in [3.05, 3.63) is 10.4 Å². The van der Waals surface area contributed by atoms with E-state index < -0.39 is 12.1 Å². The van der Waals surface area contributed by atoms with Crippen LogP contribution in [0.5, 0.6) is 0 Å². The number of aliphatic hydroxyl groups excluding tert-OH is 1. The zero-order valence-electron chi connectivity index (χ0n) is 9.42. The minimum atomic E-state index is -1.17. The number of carboxylic acid groups (broad SMARTS) is 1. The van der Waals surface area contributed by atoms with Crippen molar-refractivity contribution in [3.8, 4) is 0 Å². The van der Waals surface area contributed by atoms with Crippen LogP contribution in [0.2, 0.25) is 0 Å². The second-order valence-corrected chi connectivity index (χ2v) is 4.05. The largest absolute Gasteiger partial charge is 0.465 e. The van der Waals surface area contributed by atoms with Gasteiger partial charge in [-0.15, -0.1) is 11.6 Å². The Labute approximate surface area is 104 Å². The number of rotatable bonds is 9. The Balaban J connectivity index is 4.25. The summed E-state index contributed by atoms with van der Waals surface area (Å²) in [6, 6.07) is -0.476.